The Bertz CT molecular complexity index is 1150. The molecular formula is C32H35N3O2. The van der Waals surface area contributed by atoms with Crippen LogP contribution in [-0.4, -0.2) is 41.9 Å². The highest BCUT2D eigenvalue weighted by atomic mass is 16.2. The van der Waals surface area contributed by atoms with Gasteiger partial charge in [0.25, 0.3) is 0 Å². The fourth-order valence-corrected chi connectivity index (χ4v) is 4.00. The van der Waals surface area contributed by atoms with Gasteiger partial charge in [0.05, 0.1) is 0 Å². The van der Waals surface area contributed by atoms with Crippen molar-refractivity contribution in [2.45, 2.75) is 25.0 Å². The predicted molar refractivity (Wildman–Crippen MR) is 152 cm³/mol. The summed E-state index contributed by atoms with van der Waals surface area (Å²) >= 11 is 0. The van der Waals surface area contributed by atoms with Crippen molar-refractivity contribution in [3.8, 4) is 0 Å². The van der Waals surface area contributed by atoms with E-state index in [9.17, 15) is 9.59 Å². The topological polar surface area (TPSA) is 61.4 Å². The minimum Gasteiger partial charge on any atom is -0.350 e. The van der Waals surface area contributed by atoms with E-state index in [-0.39, 0.29) is 11.8 Å². The van der Waals surface area contributed by atoms with E-state index < -0.39 is 12.1 Å². The van der Waals surface area contributed by atoms with Crippen molar-refractivity contribution in [1.29, 1.82) is 0 Å². The van der Waals surface area contributed by atoms with Crippen LogP contribution in [0.5, 0.6) is 0 Å². The molecule has 3 rings (SSSR count). The van der Waals surface area contributed by atoms with Crippen LogP contribution < -0.4 is 10.6 Å². The van der Waals surface area contributed by atoms with Gasteiger partial charge in [-0.05, 0) is 16.7 Å². The Morgan fingerprint density at radius 2 is 1.30 bits per heavy atom. The summed E-state index contributed by atoms with van der Waals surface area (Å²) in [6.07, 6.45) is 7.68. The predicted octanol–water partition coefficient (Wildman–Crippen LogP) is 4.79. The molecule has 2 atom stereocenters. The van der Waals surface area contributed by atoms with Crippen molar-refractivity contribution in [3.05, 3.63) is 139 Å². The standard InChI is InChI=1S/C32H35N3O2/c1-3-22-35(23-4-2)30(21-20-26-14-8-5-9-15-26)32(37)34-29(24-27-16-10-6-11-17-27)31(36)33-25-28-18-12-7-13-19-28/h3-21,29-30H,1-2,22-25H2,(H,33,36)(H,34,37)/b21-20+/t29-,30?/m0/s1. The molecule has 2 N–H and O–H groups in total. The highest BCUT2D eigenvalue weighted by molar-refractivity contribution is 5.91. The molecule has 0 aliphatic heterocycles. The number of amides is 2. The van der Waals surface area contributed by atoms with Crippen molar-refractivity contribution >= 4 is 17.9 Å². The Morgan fingerprint density at radius 1 is 0.757 bits per heavy atom. The normalized spacial score (nSPS) is 12.6. The zero-order chi connectivity index (χ0) is 26.3. The molecule has 37 heavy (non-hydrogen) atoms. The van der Waals surface area contributed by atoms with E-state index >= 15 is 0 Å². The highest BCUT2D eigenvalue weighted by Gasteiger charge is 2.27. The van der Waals surface area contributed by atoms with E-state index in [4.69, 9.17) is 0 Å². The average molecular weight is 494 g/mol. The van der Waals surface area contributed by atoms with Crippen LogP contribution in [0.3, 0.4) is 0 Å². The average Bonchev–Trinajstić information content (AvgIpc) is 2.93. The number of hydrogen-bond donors (Lipinski definition) is 2. The summed E-state index contributed by atoms with van der Waals surface area (Å²) in [6, 6.07) is 27.9. The van der Waals surface area contributed by atoms with Gasteiger partial charge in [-0.3, -0.25) is 14.5 Å². The largest absolute Gasteiger partial charge is 0.350 e. The van der Waals surface area contributed by atoms with Gasteiger partial charge in [0.15, 0.2) is 0 Å². The lowest BCUT2D eigenvalue weighted by Gasteiger charge is -2.28. The van der Waals surface area contributed by atoms with E-state index in [1.165, 1.54) is 0 Å². The number of rotatable bonds is 14. The number of nitrogens with zero attached hydrogens (tertiary/aromatic N) is 1. The molecule has 3 aromatic carbocycles. The Kier molecular flexibility index (Phi) is 11.1. The number of carbonyl (C=O) groups is 2. The third-order valence-electron chi connectivity index (χ3n) is 5.88. The first kappa shape index (κ1) is 27.4. The molecule has 5 nitrogen and oxygen atoms in total. The first-order chi connectivity index (χ1) is 18.1. The second-order valence-corrected chi connectivity index (χ2v) is 8.70. The smallest absolute Gasteiger partial charge is 0.243 e. The van der Waals surface area contributed by atoms with Crippen LogP contribution in [0.2, 0.25) is 0 Å². The first-order valence-electron chi connectivity index (χ1n) is 12.5. The second-order valence-electron chi connectivity index (χ2n) is 8.70. The van der Waals surface area contributed by atoms with Crippen LogP contribution in [0.1, 0.15) is 16.7 Å². The molecule has 0 spiro atoms. The van der Waals surface area contributed by atoms with Crippen LogP contribution in [0.15, 0.2) is 122 Å². The van der Waals surface area contributed by atoms with Crippen LogP contribution in [-0.2, 0) is 22.6 Å². The lowest BCUT2D eigenvalue weighted by Crippen LogP contribution is -2.54. The van der Waals surface area contributed by atoms with Gasteiger partial charge in [-0.2, -0.15) is 0 Å². The fourth-order valence-electron chi connectivity index (χ4n) is 4.00. The quantitative estimate of drug-likeness (QED) is 0.318. The van der Waals surface area contributed by atoms with Crippen LogP contribution in [0, 0.1) is 0 Å². The van der Waals surface area contributed by atoms with Crippen LogP contribution in [0.4, 0.5) is 0 Å². The Hall–Kier alpha value is -4.22. The fraction of sp³-hybridized carbons (Fsp3) is 0.188. The van der Waals surface area contributed by atoms with Gasteiger partial charge in [0.1, 0.15) is 12.1 Å². The summed E-state index contributed by atoms with van der Waals surface area (Å²) in [5.41, 5.74) is 2.94. The summed E-state index contributed by atoms with van der Waals surface area (Å²) in [4.78, 5) is 28.9. The number of hydrogen-bond acceptors (Lipinski definition) is 3. The van der Waals surface area contributed by atoms with E-state index in [0.29, 0.717) is 26.1 Å². The van der Waals surface area contributed by atoms with Crippen molar-refractivity contribution in [2.75, 3.05) is 13.1 Å². The van der Waals surface area contributed by atoms with E-state index in [0.717, 1.165) is 16.7 Å². The van der Waals surface area contributed by atoms with E-state index in [1.807, 2.05) is 108 Å². The van der Waals surface area contributed by atoms with Gasteiger partial charge in [0, 0.05) is 26.1 Å². The number of carbonyl (C=O) groups excluding carboxylic acids is 2. The number of nitrogens with one attached hydrogen (secondary N) is 2. The van der Waals surface area contributed by atoms with Gasteiger partial charge in [-0.15, -0.1) is 13.2 Å². The maximum Gasteiger partial charge on any atom is 0.243 e. The summed E-state index contributed by atoms with van der Waals surface area (Å²) in [7, 11) is 0. The van der Waals surface area contributed by atoms with Crippen molar-refractivity contribution < 1.29 is 9.59 Å². The molecule has 0 aromatic heterocycles. The summed E-state index contributed by atoms with van der Waals surface area (Å²) < 4.78 is 0. The lowest BCUT2D eigenvalue weighted by atomic mass is 10.0. The van der Waals surface area contributed by atoms with Gasteiger partial charge in [0.2, 0.25) is 11.8 Å². The zero-order valence-electron chi connectivity index (χ0n) is 21.1. The maximum absolute atomic E-state index is 13.7. The molecule has 0 aliphatic carbocycles. The third-order valence-corrected chi connectivity index (χ3v) is 5.88. The second kappa shape index (κ2) is 15.0. The minimum absolute atomic E-state index is 0.231. The van der Waals surface area contributed by atoms with E-state index in [2.05, 4.69) is 23.8 Å². The molecule has 2 amide bonds. The Labute approximate surface area is 220 Å². The van der Waals surface area contributed by atoms with Gasteiger partial charge < -0.3 is 10.6 Å². The van der Waals surface area contributed by atoms with Gasteiger partial charge in [-0.25, -0.2) is 0 Å². The van der Waals surface area contributed by atoms with Crippen molar-refractivity contribution in [2.24, 2.45) is 0 Å². The molecule has 190 valence electrons. The molecule has 0 bridgehead atoms. The van der Waals surface area contributed by atoms with Crippen molar-refractivity contribution in [1.82, 2.24) is 15.5 Å². The highest BCUT2D eigenvalue weighted by Crippen LogP contribution is 2.10. The molecule has 5 heteroatoms. The molecule has 0 heterocycles. The molecule has 3 aromatic rings. The Balaban J connectivity index is 1.82. The molecular weight excluding hydrogens is 458 g/mol. The van der Waals surface area contributed by atoms with Gasteiger partial charge >= 0.3 is 0 Å². The number of benzene rings is 3. The summed E-state index contributed by atoms with van der Waals surface area (Å²) in [6.45, 7) is 9.06. The van der Waals surface area contributed by atoms with E-state index in [1.54, 1.807) is 12.2 Å². The van der Waals surface area contributed by atoms with Crippen molar-refractivity contribution in [3.63, 3.8) is 0 Å². The molecule has 0 saturated heterocycles. The molecule has 1 unspecified atom stereocenters. The first-order valence-corrected chi connectivity index (χ1v) is 12.5. The zero-order valence-corrected chi connectivity index (χ0v) is 21.1. The van der Waals surface area contributed by atoms with Crippen LogP contribution >= 0.6 is 0 Å². The van der Waals surface area contributed by atoms with Gasteiger partial charge in [-0.1, -0.05) is 115 Å². The molecule has 0 aliphatic rings. The maximum atomic E-state index is 13.7. The summed E-state index contributed by atoms with van der Waals surface area (Å²) in [5.74, 6) is -0.488. The minimum atomic E-state index is -0.736. The molecule has 0 fully saturated rings. The lowest BCUT2D eigenvalue weighted by molar-refractivity contribution is -0.130. The molecule has 0 saturated carbocycles. The van der Waals surface area contributed by atoms with Crippen LogP contribution in [0.25, 0.3) is 6.08 Å². The monoisotopic (exact) mass is 493 g/mol. The SMILES string of the molecule is C=CCN(CC=C)C(/C=C/c1ccccc1)C(=O)N[C@@H](Cc1ccccc1)C(=O)NCc1ccccc1. The summed E-state index contributed by atoms with van der Waals surface area (Å²) in [5, 5.41) is 6.01. The molecule has 0 radical (unpaired) electrons. The Morgan fingerprint density at radius 3 is 1.86 bits per heavy atom. The third kappa shape index (κ3) is 9.06.